The van der Waals surface area contributed by atoms with Crippen molar-refractivity contribution in [2.45, 2.75) is 6.92 Å². The van der Waals surface area contributed by atoms with Crippen molar-refractivity contribution < 1.29 is 14.6 Å². The molecule has 1 rings (SSSR count). The molecule has 1 aromatic carbocycles. The molecule has 0 aliphatic heterocycles. The maximum absolute atomic E-state index is 11.6. The molecule has 3 nitrogen and oxygen atoms in total. The first-order valence-corrected chi connectivity index (χ1v) is 4.89. The van der Waals surface area contributed by atoms with Crippen LogP contribution in [0.5, 0.6) is 0 Å². The smallest absolute Gasteiger partial charge is 0.343 e. The number of rotatable bonds is 4. The van der Waals surface area contributed by atoms with Crippen LogP contribution in [0, 0.1) is 0 Å². The van der Waals surface area contributed by atoms with Crippen molar-refractivity contribution in [2.24, 2.45) is 0 Å². The number of aliphatic hydroxyl groups excluding tert-OH is 1. The fraction of sp³-hybridized carbons (Fsp3) is 0.154. The van der Waals surface area contributed by atoms with Gasteiger partial charge in [-0.15, -0.1) is 0 Å². The van der Waals surface area contributed by atoms with E-state index in [1.807, 2.05) is 6.07 Å². The zero-order valence-corrected chi connectivity index (χ0v) is 9.14. The van der Waals surface area contributed by atoms with E-state index in [1.165, 1.54) is 6.08 Å². The van der Waals surface area contributed by atoms with Crippen LogP contribution in [0.25, 0.3) is 0 Å². The lowest BCUT2D eigenvalue weighted by molar-refractivity contribution is 0.0633. The predicted octanol–water partition coefficient (Wildman–Crippen LogP) is 2.30. The van der Waals surface area contributed by atoms with Gasteiger partial charge in [-0.3, -0.25) is 0 Å². The summed E-state index contributed by atoms with van der Waals surface area (Å²) in [6.07, 6.45) is 1.53. The van der Waals surface area contributed by atoms with Gasteiger partial charge >= 0.3 is 5.97 Å². The minimum atomic E-state index is -0.448. The quantitative estimate of drug-likeness (QED) is 0.479. The molecule has 0 bridgehead atoms. The Kier molecular flexibility index (Phi) is 4.48. The molecule has 84 valence electrons. The summed E-state index contributed by atoms with van der Waals surface area (Å²) in [4.78, 5) is 11.6. The largest absolute Gasteiger partial charge is 0.423 e. The van der Waals surface area contributed by atoms with Gasteiger partial charge in [0.2, 0.25) is 0 Å². The monoisotopic (exact) mass is 218 g/mol. The molecule has 0 unspecified atom stereocenters. The van der Waals surface area contributed by atoms with E-state index in [2.05, 4.69) is 6.58 Å². The van der Waals surface area contributed by atoms with Crippen LogP contribution in [0.15, 0.2) is 54.3 Å². The van der Waals surface area contributed by atoms with Crippen LogP contribution in [0.1, 0.15) is 17.3 Å². The minimum absolute atomic E-state index is 0.103. The molecule has 16 heavy (non-hydrogen) atoms. The summed E-state index contributed by atoms with van der Waals surface area (Å²) >= 11 is 0. The highest BCUT2D eigenvalue weighted by Crippen LogP contribution is 2.11. The highest BCUT2D eigenvalue weighted by atomic mass is 16.5. The fourth-order valence-electron chi connectivity index (χ4n) is 1.08. The fourth-order valence-corrected chi connectivity index (χ4v) is 1.08. The van der Waals surface area contributed by atoms with E-state index in [-0.39, 0.29) is 12.4 Å². The molecule has 0 saturated heterocycles. The molecule has 0 aliphatic carbocycles. The van der Waals surface area contributed by atoms with Gasteiger partial charge in [-0.2, -0.15) is 0 Å². The Hall–Kier alpha value is -1.87. The Balaban J connectivity index is 2.66. The average molecular weight is 218 g/mol. The number of carbonyl (C=O) groups excluding carboxylic acids is 1. The second kappa shape index (κ2) is 5.88. The Morgan fingerprint density at radius 3 is 2.62 bits per heavy atom. The van der Waals surface area contributed by atoms with Crippen LogP contribution in [-0.2, 0) is 4.74 Å². The third-order valence-corrected chi connectivity index (χ3v) is 2.06. The van der Waals surface area contributed by atoms with E-state index in [0.29, 0.717) is 11.1 Å². The lowest BCUT2D eigenvalue weighted by Gasteiger charge is -2.07. The first-order chi connectivity index (χ1) is 7.65. The number of allylic oxidation sites excluding steroid dienone is 1. The van der Waals surface area contributed by atoms with Crippen molar-refractivity contribution in [1.82, 2.24) is 0 Å². The van der Waals surface area contributed by atoms with Gasteiger partial charge in [0.05, 0.1) is 12.2 Å². The van der Waals surface area contributed by atoms with Gasteiger partial charge in [-0.25, -0.2) is 4.79 Å². The topological polar surface area (TPSA) is 46.5 Å². The SMILES string of the molecule is C=C(OC(=O)c1ccccc1)/C(C)=C/CO. The molecule has 0 heterocycles. The highest BCUT2D eigenvalue weighted by Gasteiger charge is 2.08. The van der Waals surface area contributed by atoms with Gasteiger partial charge in [0.15, 0.2) is 0 Å². The van der Waals surface area contributed by atoms with Crippen molar-refractivity contribution in [2.75, 3.05) is 6.61 Å². The van der Waals surface area contributed by atoms with Crippen LogP contribution in [0.4, 0.5) is 0 Å². The number of hydrogen-bond acceptors (Lipinski definition) is 3. The summed E-state index contributed by atoms with van der Waals surface area (Å²) in [7, 11) is 0. The van der Waals surface area contributed by atoms with Crippen molar-refractivity contribution in [3.63, 3.8) is 0 Å². The second-order valence-corrected chi connectivity index (χ2v) is 3.25. The maximum atomic E-state index is 11.6. The first kappa shape index (κ1) is 12.2. The van der Waals surface area contributed by atoms with Gasteiger partial charge in [0.25, 0.3) is 0 Å². The molecule has 0 aromatic heterocycles. The number of carbonyl (C=O) groups is 1. The Bertz CT molecular complexity index is 404. The zero-order valence-electron chi connectivity index (χ0n) is 9.14. The Labute approximate surface area is 94.7 Å². The van der Waals surface area contributed by atoms with Crippen LogP contribution >= 0.6 is 0 Å². The van der Waals surface area contributed by atoms with E-state index in [4.69, 9.17) is 9.84 Å². The Morgan fingerprint density at radius 1 is 1.44 bits per heavy atom. The minimum Gasteiger partial charge on any atom is -0.423 e. The molecule has 0 atom stereocenters. The van der Waals surface area contributed by atoms with E-state index in [0.717, 1.165) is 0 Å². The number of benzene rings is 1. The molecule has 1 aromatic rings. The van der Waals surface area contributed by atoms with Crippen molar-refractivity contribution in [3.05, 3.63) is 59.9 Å². The standard InChI is InChI=1S/C13H14O3/c1-10(8-9-14)11(2)16-13(15)12-6-4-3-5-7-12/h3-8,14H,2,9H2,1H3/b10-8+. The molecule has 0 amide bonds. The number of hydrogen-bond donors (Lipinski definition) is 1. The summed E-state index contributed by atoms with van der Waals surface area (Å²) in [5.41, 5.74) is 1.12. The summed E-state index contributed by atoms with van der Waals surface area (Å²) in [6, 6.07) is 8.68. The molecular formula is C13H14O3. The van der Waals surface area contributed by atoms with Crippen molar-refractivity contribution in [3.8, 4) is 0 Å². The summed E-state index contributed by atoms with van der Waals surface area (Å²) in [5, 5.41) is 8.68. The van der Waals surface area contributed by atoms with Gasteiger partial charge in [0.1, 0.15) is 5.76 Å². The molecule has 0 spiro atoms. The summed E-state index contributed by atoms with van der Waals surface area (Å²) < 4.78 is 5.04. The third-order valence-electron chi connectivity index (χ3n) is 2.06. The lowest BCUT2D eigenvalue weighted by atomic mass is 10.2. The number of esters is 1. The molecule has 3 heteroatoms. The number of ether oxygens (including phenoxy) is 1. The zero-order chi connectivity index (χ0) is 12.0. The average Bonchev–Trinajstić information content (AvgIpc) is 2.30. The summed E-state index contributed by atoms with van der Waals surface area (Å²) in [5.74, 6) is -0.195. The van der Waals surface area contributed by atoms with Crippen molar-refractivity contribution >= 4 is 5.97 Å². The lowest BCUT2D eigenvalue weighted by Crippen LogP contribution is -2.05. The molecule has 0 saturated carbocycles. The molecule has 1 N–H and O–H groups in total. The van der Waals surface area contributed by atoms with Crippen LogP contribution in [0.2, 0.25) is 0 Å². The molecule has 0 radical (unpaired) electrons. The van der Waals surface area contributed by atoms with Crippen LogP contribution < -0.4 is 0 Å². The number of aliphatic hydroxyl groups is 1. The van der Waals surface area contributed by atoms with Gasteiger partial charge in [-0.05, 0) is 24.6 Å². The van der Waals surface area contributed by atoms with E-state index >= 15 is 0 Å². The van der Waals surface area contributed by atoms with E-state index in [9.17, 15) is 4.79 Å². The van der Waals surface area contributed by atoms with Crippen LogP contribution in [-0.4, -0.2) is 17.7 Å². The van der Waals surface area contributed by atoms with Crippen LogP contribution in [0.3, 0.4) is 0 Å². The van der Waals surface area contributed by atoms with E-state index in [1.54, 1.807) is 31.2 Å². The van der Waals surface area contributed by atoms with Crippen molar-refractivity contribution in [1.29, 1.82) is 0 Å². The Morgan fingerprint density at radius 2 is 2.06 bits per heavy atom. The second-order valence-electron chi connectivity index (χ2n) is 3.25. The molecule has 0 aliphatic rings. The maximum Gasteiger partial charge on any atom is 0.343 e. The molecular weight excluding hydrogens is 204 g/mol. The molecule has 0 fully saturated rings. The summed E-state index contributed by atoms with van der Waals surface area (Å²) in [6.45, 7) is 5.23. The van der Waals surface area contributed by atoms with Gasteiger partial charge in [0, 0.05) is 0 Å². The van der Waals surface area contributed by atoms with Gasteiger partial charge < -0.3 is 9.84 Å². The predicted molar refractivity (Wildman–Crippen MR) is 61.8 cm³/mol. The third kappa shape index (κ3) is 3.37. The highest BCUT2D eigenvalue weighted by molar-refractivity contribution is 5.90. The normalized spacial score (nSPS) is 11.0. The van der Waals surface area contributed by atoms with E-state index < -0.39 is 5.97 Å². The van der Waals surface area contributed by atoms with Gasteiger partial charge in [-0.1, -0.05) is 30.9 Å². The first-order valence-electron chi connectivity index (χ1n) is 4.89.